The van der Waals surface area contributed by atoms with Gasteiger partial charge in [0.1, 0.15) is 0 Å². The third kappa shape index (κ3) is 4.05. The molecule has 152 valence electrons. The molecule has 0 amide bonds. The van der Waals surface area contributed by atoms with Gasteiger partial charge in [-0.3, -0.25) is 4.79 Å². The Morgan fingerprint density at radius 3 is 2.43 bits per heavy atom. The lowest BCUT2D eigenvalue weighted by Crippen LogP contribution is -2.39. The largest absolute Gasteiger partial charge is 0.334 e. The normalized spacial score (nSPS) is 23.2. The van der Waals surface area contributed by atoms with Crippen molar-refractivity contribution in [2.24, 2.45) is 0 Å². The van der Waals surface area contributed by atoms with E-state index in [0.29, 0.717) is 18.8 Å². The zero-order valence-corrected chi connectivity index (χ0v) is 17.1. The summed E-state index contributed by atoms with van der Waals surface area (Å²) in [6, 6.07) is 3.50. The van der Waals surface area contributed by atoms with Crippen LogP contribution in [0.4, 0.5) is 0 Å². The van der Waals surface area contributed by atoms with Crippen molar-refractivity contribution in [3.05, 3.63) is 40.7 Å². The van der Waals surface area contributed by atoms with E-state index >= 15 is 0 Å². The molecule has 0 aliphatic heterocycles. The molecule has 0 atom stereocenters. The molecule has 2 heterocycles. The van der Waals surface area contributed by atoms with E-state index in [-0.39, 0.29) is 28.7 Å². The zero-order chi connectivity index (χ0) is 19.9. The highest BCUT2D eigenvalue weighted by atomic mass is 32.2. The summed E-state index contributed by atoms with van der Waals surface area (Å²) < 4.78 is 31.4. The highest BCUT2D eigenvalue weighted by Gasteiger charge is 2.30. The fourth-order valence-electron chi connectivity index (χ4n) is 3.76. The quantitative estimate of drug-likeness (QED) is 0.795. The molecule has 8 nitrogen and oxygen atoms in total. The summed E-state index contributed by atoms with van der Waals surface area (Å²) in [6.45, 7) is 3.95. The molecule has 2 aliphatic rings. The van der Waals surface area contributed by atoms with Crippen LogP contribution in [-0.4, -0.2) is 33.8 Å². The number of aromatic nitrogens is 4. The molecule has 1 N–H and O–H groups in total. The van der Waals surface area contributed by atoms with Crippen molar-refractivity contribution in [2.45, 2.75) is 81.4 Å². The molecule has 28 heavy (non-hydrogen) atoms. The Hall–Kier alpha value is -2.00. The summed E-state index contributed by atoms with van der Waals surface area (Å²) in [7, 11) is -3.64. The standard InChI is InChI=1S/C19H27N5O3S/c1-13(2)23-11-18(20-12-23)28(26,27)22-15-5-7-16(8-6-15)24-19(25)10-9-17(21-24)14-3-4-14/h9-16,22H,3-8H2,1-2H3. The Balaban J connectivity index is 1.40. The minimum atomic E-state index is -3.64. The molecule has 2 aromatic rings. The third-order valence-electron chi connectivity index (χ3n) is 5.66. The van der Waals surface area contributed by atoms with E-state index in [9.17, 15) is 13.2 Å². The highest BCUT2D eigenvalue weighted by Crippen LogP contribution is 2.38. The number of hydrogen-bond donors (Lipinski definition) is 1. The van der Waals surface area contributed by atoms with Gasteiger partial charge in [0.2, 0.25) is 0 Å². The number of rotatable bonds is 6. The van der Waals surface area contributed by atoms with Gasteiger partial charge in [-0.15, -0.1) is 0 Å². The van der Waals surface area contributed by atoms with E-state index in [1.807, 2.05) is 19.9 Å². The van der Waals surface area contributed by atoms with Gasteiger partial charge in [0, 0.05) is 30.3 Å². The van der Waals surface area contributed by atoms with Crippen LogP contribution < -0.4 is 10.3 Å². The molecular weight excluding hydrogens is 378 g/mol. The number of hydrogen-bond acceptors (Lipinski definition) is 5. The molecule has 0 spiro atoms. The number of sulfonamides is 1. The van der Waals surface area contributed by atoms with Gasteiger partial charge in [-0.1, -0.05) is 0 Å². The second-order valence-electron chi connectivity index (χ2n) is 8.19. The third-order valence-corrected chi connectivity index (χ3v) is 7.06. The molecular formula is C19H27N5O3S. The van der Waals surface area contributed by atoms with Gasteiger partial charge in [-0.25, -0.2) is 22.8 Å². The van der Waals surface area contributed by atoms with E-state index in [1.54, 1.807) is 27.8 Å². The van der Waals surface area contributed by atoms with Crippen LogP contribution in [0.3, 0.4) is 0 Å². The van der Waals surface area contributed by atoms with Crippen LogP contribution in [0.25, 0.3) is 0 Å². The average Bonchev–Trinajstić information content (AvgIpc) is 3.37. The number of nitrogens with one attached hydrogen (secondary N) is 1. The monoisotopic (exact) mass is 405 g/mol. The molecule has 4 rings (SSSR count). The van der Waals surface area contributed by atoms with Crippen molar-refractivity contribution >= 4 is 10.0 Å². The molecule has 0 aromatic carbocycles. The van der Waals surface area contributed by atoms with Gasteiger partial charge in [0.25, 0.3) is 15.6 Å². The van der Waals surface area contributed by atoms with Gasteiger partial charge in [-0.2, -0.15) is 5.10 Å². The summed E-state index contributed by atoms with van der Waals surface area (Å²) in [4.78, 5) is 16.3. The average molecular weight is 406 g/mol. The topological polar surface area (TPSA) is 98.9 Å². The van der Waals surface area contributed by atoms with E-state index in [0.717, 1.165) is 31.4 Å². The Kier molecular flexibility index (Phi) is 5.13. The van der Waals surface area contributed by atoms with Crippen LogP contribution in [0.15, 0.2) is 34.5 Å². The maximum atomic E-state index is 12.6. The van der Waals surface area contributed by atoms with Crippen LogP contribution in [-0.2, 0) is 10.0 Å². The van der Waals surface area contributed by atoms with Gasteiger partial charge < -0.3 is 4.57 Å². The van der Waals surface area contributed by atoms with Crippen molar-refractivity contribution in [3.8, 4) is 0 Å². The molecule has 0 saturated heterocycles. The summed E-state index contributed by atoms with van der Waals surface area (Å²) in [5, 5.41) is 4.63. The van der Waals surface area contributed by atoms with E-state index in [2.05, 4.69) is 14.8 Å². The Morgan fingerprint density at radius 1 is 1.11 bits per heavy atom. The first-order valence-electron chi connectivity index (χ1n) is 9.99. The van der Waals surface area contributed by atoms with Crippen LogP contribution in [0.5, 0.6) is 0 Å². The van der Waals surface area contributed by atoms with Crippen LogP contribution in [0.2, 0.25) is 0 Å². The van der Waals surface area contributed by atoms with Crippen molar-refractivity contribution in [1.82, 2.24) is 24.1 Å². The Morgan fingerprint density at radius 2 is 1.82 bits per heavy atom. The lowest BCUT2D eigenvalue weighted by atomic mass is 9.92. The number of imidazole rings is 1. The second kappa shape index (κ2) is 7.44. The van der Waals surface area contributed by atoms with Gasteiger partial charge in [0.05, 0.1) is 18.1 Å². The second-order valence-corrected chi connectivity index (χ2v) is 9.86. The fraction of sp³-hybridized carbons (Fsp3) is 0.632. The smallest absolute Gasteiger partial charge is 0.267 e. The molecule has 0 radical (unpaired) electrons. The lowest BCUT2D eigenvalue weighted by Gasteiger charge is -2.29. The SMILES string of the molecule is CC(C)n1cnc(S(=O)(=O)NC2CCC(n3nc(C4CC4)ccc3=O)CC2)c1. The van der Waals surface area contributed by atoms with Gasteiger partial charge in [0.15, 0.2) is 5.03 Å². The van der Waals surface area contributed by atoms with Crippen LogP contribution in [0, 0.1) is 0 Å². The highest BCUT2D eigenvalue weighted by molar-refractivity contribution is 7.89. The molecule has 2 fully saturated rings. The molecule has 0 unspecified atom stereocenters. The Bertz CT molecular complexity index is 999. The summed E-state index contributed by atoms with van der Waals surface area (Å²) in [5.74, 6) is 0.501. The first kappa shape index (κ1) is 19.3. The van der Waals surface area contributed by atoms with Crippen molar-refractivity contribution < 1.29 is 8.42 Å². The summed E-state index contributed by atoms with van der Waals surface area (Å²) >= 11 is 0. The van der Waals surface area contributed by atoms with Crippen molar-refractivity contribution in [2.75, 3.05) is 0 Å². The minimum absolute atomic E-state index is 0.0344. The number of nitrogens with zero attached hydrogens (tertiary/aromatic N) is 4. The maximum absolute atomic E-state index is 12.6. The first-order chi connectivity index (χ1) is 13.3. The summed E-state index contributed by atoms with van der Waals surface area (Å²) in [6.07, 6.45) is 8.21. The summed E-state index contributed by atoms with van der Waals surface area (Å²) in [5.41, 5.74) is 0.927. The molecule has 2 saturated carbocycles. The molecule has 0 bridgehead atoms. The van der Waals surface area contributed by atoms with E-state index in [1.165, 1.54) is 0 Å². The molecule has 2 aromatic heterocycles. The lowest BCUT2D eigenvalue weighted by molar-refractivity contribution is 0.284. The Labute approximate surface area is 165 Å². The fourth-order valence-corrected chi connectivity index (χ4v) is 5.00. The van der Waals surface area contributed by atoms with E-state index in [4.69, 9.17) is 0 Å². The predicted octanol–water partition coefficient (Wildman–Crippen LogP) is 2.36. The maximum Gasteiger partial charge on any atom is 0.267 e. The van der Waals surface area contributed by atoms with E-state index < -0.39 is 10.0 Å². The van der Waals surface area contributed by atoms with Crippen LogP contribution >= 0.6 is 0 Å². The zero-order valence-electron chi connectivity index (χ0n) is 16.3. The molecule has 9 heteroatoms. The predicted molar refractivity (Wildman–Crippen MR) is 105 cm³/mol. The van der Waals surface area contributed by atoms with Crippen LogP contribution in [0.1, 0.15) is 76.1 Å². The van der Waals surface area contributed by atoms with Crippen molar-refractivity contribution in [1.29, 1.82) is 0 Å². The van der Waals surface area contributed by atoms with Crippen molar-refractivity contribution in [3.63, 3.8) is 0 Å². The molecule has 2 aliphatic carbocycles. The minimum Gasteiger partial charge on any atom is -0.334 e. The van der Waals surface area contributed by atoms with Gasteiger partial charge in [-0.05, 0) is 58.4 Å². The van der Waals surface area contributed by atoms with Gasteiger partial charge >= 0.3 is 0 Å². The first-order valence-corrected chi connectivity index (χ1v) is 11.5.